The third-order valence-corrected chi connectivity index (χ3v) is 6.25. The van der Waals surface area contributed by atoms with E-state index in [1.165, 1.54) is 11.3 Å². The lowest BCUT2D eigenvalue weighted by molar-refractivity contribution is -0.136. The minimum absolute atomic E-state index is 0.0411. The Bertz CT molecular complexity index is 667. The highest BCUT2D eigenvalue weighted by Gasteiger charge is 2.15. The van der Waals surface area contributed by atoms with Crippen molar-refractivity contribution in [2.24, 2.45) is 7.05 Å². The van der Waals surface area contributed by atoms with E-state index in [4.69, 9.17) is 5.11 Å². The van der Waals surface area contributed by atoms with Crippen LogP contribution in [0, 0.1) is 6.92 Å². The summed E-state index contributed by atoms with van der Waals surface area (Å²) >= 11 is 6.67. The number of carboxylic acid groups (broad SMARTS) is 1. The Labute approximate surface area is 139 Å². The molecule has 0 unspecified atom stereocenters. The molecular formula is C13H16BrN3O2S2. The van der Waals surface area contributed by atoms with Crippen LogP contribution in [0.2, 0.25) is 0 Å². The van der Waals surface area contributed by atoms with E-state index in [0.29, 0.717) is 0 Å². The molecular weight excluding hydrogens is 374 g/mol. The van der Waals surface area contributed by atoms with Gasteiger partial charge in [-0.1, -0.05) is 18.7 Å². The summed E-state index contributed by atoms with van der Waals surface area (Å²) in [5.41, 5.74) is 2.97. The average Bonchev–Trinajstić information content (AvgIpc) is 2.88. The highest BCUT2D eigenvalue weighted by atomic mass is 79.9. The van der Waals surface area contributed by atoms with E-state index < -0.39 is 5.97 Å². The molecule has 0 spiro atoms. The van der Waals surface area contributed by atoms with Gasteiger partial charge in [0, 0.05) is 17.7 Å². The molecule has 8 heteroatoms. The summed E-state index contributed by atoms with van der Waals surface area (Å²) in [6, 6.07) is 0. The third-order valence-electron chi connectivity index (χ3n) is 3.02. The molecule has 114 valence electrons. The molecule has 0 aliphatic carbocycles. The minimum atomic E-state index is -0.819. The van der Waals surface area contributed by atoms with Gasteiger partial charge in [0.15, 0.2) is 4.34 Å². The molecule has 0 radical (unpaired) electrons. The number of aromatic nitrogens is 3. The number of carbonyl (C=O) groups is 1. The maximum absolute atomic E-state index is 10.8. The van der Waals surface area contributed by atoms with E-state index in [0.717, 1.165) is 42.9 Å². The molecule has 0 amide bonds. The largest absolute Gasteiger partial charge is 0.481 e. The SMILES string of the molecule is CCc1nn(C)c(CSc2nc(C)c(CC(=O)O)s2)c1Br. The lowest BCUT2D eigenvalue weighted by atomic mass is 10.3. The fraction of sp³-hybridized carbons (Fsp3) is 0.462. The summed E-state index contributed by atoms with van der Waals surface area (Å²) in [5.74, 6) is -0.0657. The average molecular weight is 390 g/mol. The molecule has 5 nitrogen and oxygen atoms in total. The summed E-state index contributed by atoms with van der Waals surface area (Å²) in [4.78, 5) is 16.0. The van der Waals surface area contributed by atoms with E-state index in [1.54, 1.807) is 11.8 Å². The Morgan fingerprint density at radius 3 is 2.81 bits per heavy atom. The molecule has 0 aliphatic heterocycles. The van der Waals surface area contributed by atoms with Crippen molar-refractivity contribution >= 4 is 45.0 Å². The summed E-state index contributed by atoms with van der Waals surface area (Å²) in [7, 11) is 1.93. The van der Waals surface area contributed by atoms with Gasteiger partial charge in [0.2, 0.25) is 0 Å². The Hall–Kier alpha value is -0.860. The summed E-state index contributed by atoms with van der Waals surface area (Å²) < 4.78 is 3.84. The highest BCUT2D eigenvalue weighted by molar-refractivity contribution is 9.10. The number of hydrogen-bond donors (Lipinski definition) is 1. The number of carboxylic acids is 1. The van der Waals surface area contributed by atoms with Gasteiger partial charge in [0.25, 0.3) is 0 Å². The molecule has 0 aromatic carbocycles. The van der Waals surface area contributed by atoms with Crippen LogP contribution in [-0.4, -0.2) is 25.8 Å². The zero-order valence-electron chi connectivity index (χ0n) is 12.0. The van der Waals surface area contributed by atoms with Crippen LogP contribution in [0.15, 0.2) is 8.81 Å². The van der Waals surface area contributed by atoms with Crippen molar-refractivity contribution in [1.82, 2.24) is 14.8 Å². The van der Waals surface area contributed by atoms with Gasteiger partial charge < -0.3 is 5.11 Å². The van der Waals surface area contributed by atoms with E-state index in [2.05, 4.69) is 32.9 Å². The molecule has 0 saturated heterocycles. The Kier molecular flexibility index (Phi) is 5.45. The van der Waals surface area contributed by atoms with Gasteiger partial charge in [-0.2, -0.15) is 5.10 Å². The molecule has 2 aromatic heterocycles. The molecule has 0 fully saturated rings. The van der Waals surface area contributed by atoms with Crippen LogP contribution < -0.4 is 0 Å². The zero-order chi connectivity index (χ0) is 15.6. The van der Waals surface area contributed by atoms with Gasteiger partial charge >= 0.3 is 5.97 Å². The Balaban J connectivity index is 2.10. The first-order valence-corrected chi connectivity index (χ1v) is 9.03. The van der Waals surface area contributed by atoms with E-state index >= 15 is 0 Å². The molecule has 2 aromatic rings. The maximum Gasteiger partial charge on any atom is 0.308 e. The van der Waals surface area contributed by atoms with E-state index in [-0.39, 0.29) is 6.42 Å². The lowest BCUT2D eigenvalue weighted by Gasteiger charge is -2.00. The molecule has 0 saturated carbocycles. The highest BCUT2D eigenvalue weighted by Crippen LogP contribution is 2.32. The topological polar surface area (TPSA) is 68.0 Å². The van der Waals surface area contributed by atoms with Crippen LogP contribution in [0.25, 0.3) is 0 Å². The Morgan fingerprint density at radius 1 is 1.52 bits per heavy atom. The summed E-state index contributed by atoms with van der Waals surface area (Å²) in [6.45, 7) is 3.93. The van der Waals surface area contributed by atoms with Crippen molar-refractivity contribution in [3.05, 3.63) is 26.4 Å². The standard InChI is InChI=1S/C13H16BrN3O2S2/c1-4-8-12(14)9(17(3)16-8)6-20-13-15-7(2)10(21-13)5-11(18)19/h4-6H2,1-3H3,(H,18,19). The zero-order valence-corrected chi connectivity index (χ0v) is 15.2. The number of halogens is 1. The van der Waals surface area contributed by atoms with Crippen molar-refractivity contribution < 1.29 is 9.90 Å². The number of rotatable bonds is 6. The van der Waals surface area contributed by atoms with Crippen LogP contribution in [0.3, 0.4) is 0 Å². The van der Waals surface area contributed by atoms with Gasteiger partial charge in [-0.3, -0.25) is 9.48 Å². The van der Waals surface area contributed by atoms with E-state index in [1.807, 2.05) is 18.7 Å². The monoisotopic (exact) mass is 389 g/mol. The summed E-state index contributed by atoms with van der Waals surface area (Å²) in [6.07, 6.45) is 0.928. The van der Waals surface area contributed by atoms with Crippen molar-refractivity contribution in [1.29, 1.82) is 0 Å². The number of thioether (sulfide) groups is 1. The predicted octanol–water partition coefficient (Wildman–Crippen LogP) is 3.43. The first kappa shape index (κ1) is 16.5. The van der Waals surface area contributed by atoms with Gasteiger partial charge in [-0.05, 0) is 29.3 Å². The second kappa shape index (κ2) is 6.93. The second-order valence-corrected chi connectivity index (χ2v) is 7.63. The van der Waals surface area contributed by atoms with Crippen LogP contribution >= 0.6 is 39.0 Å². The maximum atomic E-state index is 10.8. The number of thiazole rings is 1. The van der Waals surface area contributed by atoms with Crippen molar-refractivity contribution in [2.75, 3.05) is 0 Å². The molecule has 0 atom stereocenters. The molecule has 21 heavy (non-hydrogen) atoms. The molecule has 2 rings (SSSR count). The smallest absolute Gasteiger partial charge is 0.308 e. The van der Waals surface area contributed by atoms with Crippen molar-refractivity contribution in [3.63, 3.8) is 0 Å². The fourth-order valence-electron chi connectivity index (χ4n) is 1.87. The van der Waals surface area contributed by atoms with Crippen LogP contribution in [0.4, 0.5) is 0 Å². The molecule has 1 N–H and O–H groups in total. The van der Waals surface area contributed by atoms with Gasteiger partial charge in [0.05, 0.1) is 28.0 Å². The lowest BCUT2D eigenvalue weighted by Crippen LogP contribution is -1.99. The molecule has 0 bridgehead atoms. The number of aryl methyl sites for hydroxylation is 3. The minimum Gasteiger partial charge on any atom is -0.481 e. The quantitative estimate of drug-likeness (QED) is 0.766. The van der Waals surface area contributed by atoms with Crippen molar-refractivity contribution in [3.8, 4) is 0 Å². The van der Waals surface area contributed by atoms with Crippen LogP contribution in [-0.2, 0) is 30.4 Å². The molecule has 0 aliphatic rings. The van der Waals surface area contributed by atoms with E-state index in [9.17, 15) is 4.79 Å². The Morgan fingerprint density at radius 2 is 2.24 bits per heavy atom. The summed E-state index contributed by atoms with van der Waals surface area (Å²) in [5, 5.41) is 13.3. The van der Waals surface area contributed by atoms with Crippen LogP contribution in [0.5, 0.6) is 0 Å². The molecule has 2 heterocycles. The predicted molar refractivity (Wildman–Crippen MR) is 88.0 cm³/mol. The number of aliphatic carboxylic acids is 1. The number of hydrogen-bond acceptors (Lipinski definition) is 5. The van der Waals surface area contributed by atoms with Gasteiger partial charge in [-0.15, -0.1) is 11.3 Å². The first-order chi connectivity index (χ1) is 9.92. The third kappa shape index (κ3) is 3.87. The number of nitrogens with zero attached hydrogens (tertiary/aromatic N) is 3. The van der Waals surface area contributed by atoms with Gasteiger partial charge in [-0.25, -0.2) is 4.98 Å². The van der Waals surface area contributed by atoms with Crippen LogP contribution in [0.1, 0.15) is 28.9 Å². The fourth-order valence-corrected chi connectivity index (χ4v) is 5.10. The normalized spacial score (nSPS) is 11.0. The first-order valence-electron chi connectivity index (χ1n) is 6.43. The van der Waals surface area contributed by atoms with Gasteiger partial charge in [0.1, 0.15) is 0 Å². The second-order valence-electron chi connectivity index (χ2n) is 4.53. The van der Waals surface area contributed by atoms with Crippen molar-refractivity contribution in [2.45, 2.75) is 36.8 Å².